The number of anilines is 1. The summed E-state index contributed by atoms with van der Waals surface area (Å²) in [5.41, 5.74) is 4.22. The molecule has 0 atom stereocenters. The summed E-state index contributed by atoms with van der Waals surface area (Å²) >= 11 is 0. The number of pyridine rings is 2. The van der Waals surface area contributed by atoms with Gasteiger partial charge >= 0.3 is 0 Å². The number of H-pyrrole nitrogens is 1. The first-order valence-electron chi connectivity index (χ1n) is 7.89. The smallest absolute Gasteiger partial charge is 0.226 e. The van der Waals surface area contributed by atoms with Crippen LogP contribution in [0.25, 0.3) is 17.1 Å². The first-order valence-corrected chi connectivity index (χ1v) is 7.89. The minimum absolute atomic E-state index is 0.182. The van der Waals surface area contributed by atoms with E-state index >= 15 is 0 Å². The standard InChI is InChI=1S/C19H16N4O2/c1-11-5-6-15(12(2)22-11)23-18-9-16(24)17(25-18)8-13-10-21-19-14(13)4-3-7-20-19/h3-10,23H,1-2H3,(H,20,21)/b17-8-. The van der Waals surface area contributed by atoms with Crippen molar-refractivity contribution in [2.24, 2.45) is 0 Å². The average Bonchev–Trinajstić information content (AvgIpc) is 3.15. The van der Waals surface area contributed by atoms with E-state index in [4.69, 9.17) is 4.74 Å². The molecule has 0 bridgehead atoms. The maximum Gasteiger partial charge on any atom is 0.226 e. The van der Waals surface area contributed by atoms with Gasteiger partial charge in [0.05, 0.1) is 17.5 Å². The highest BCUT2D eigenvalue weighted by atomic mass is 16.5. The summed E-state index contributed by atoms with van der Waals surface area (Å²) in [7, 11) is 0. The molecule has 0 aromatic carbocycles. The number of rotatable bonds is 3. The Morgan fingerprint density at radius 2 is 2.12 bits per heavy atom. The molecule has 1 aliphatic rings. The molecule has 4 rings (SSSR count). The molecule has 0 spiro atoms. The lowest BCUT2D eigenvalue weighted by Gasteiger charge is -2.10. The van der Waals surface area contributed by atoms with Crippen molar-refractivity contribution in [2.45, 2.75) is 13.8 Å². The number of aromatic nitrogens is 3. The number of nitrogens with zero attached hydrogens (tertiary/aromatic N) is 2. The van der Waals surface area contributed by atoms with Crippen molar-refractivity contribution in [3.63, 3.8) is 0 Å². The molecule has 0 saturated heterocycles. The third kappa shape index (κ3) is 2.89. The van der Waals surface area contributed by atoms with Gasteiger partial charge in [0.25, 0.3) is 0 Å². The monoisotopic (exact) mass is 332 g/mol. The topological polar surface area (TPSA) is 79.9 Å². The number of ether oxygens (including phenoxy) is 1. The van der Waals surface area contributed by atoms with E-state index in [2.05, 4.69) is 20.3 Å². The lowest BCUT2D eigenvalue weighted by molar-refractivity contribution is -0.112. The summed E-state index contributed by atoms with van der Waals surface area (Å²) in [5, 5.41) is 4.04. The number of aromatic amines is 1. The zero-order valence-electron chi connectivity index (χ0n) is 13.8. The Balaban J connectivity index is 1.58. The molecule has 3 aromatic rings. The number of allylic oxidation sites excluding steroid dienone is 1. The number of aryl methyl sites for hydroxylation is 2. The van der Waals surface area contributed by atoms with Crippen molar-refractivity contribution < 1.29 is 9.53 Å². The van der Waals surface area contributed by atoms with Crippen LogP contribution in [0.5, 0.6) is 0 Å². The van der Waals surface area contributed by atoms with Gasteiger partial charge in [0, 0.05) is 29.0 Å². The number of carbonyl (C=O) groups excluding carboxylic acids is 1. The van der Waals surface area contributed by atoms with Crippen LogP contribution in [-0.4, -0.2) is 20.7 Å². The first kappa shape index (κ1) is 15.1. The fraction of sp³-hybridized carbons (Fsp3) is 0.105. The molecule has 0 fully saturated rings. The molecule has 3 aromatic heterocycles. The number of hydrogen-bond donors (Lipinski definition) is 2. The van der Waals surface area contributed by atoms with E-state index < -0.39 is 0 Å². The molecule has 0 radical (unpaired) electrons. The number of ketones is 1. The molecule has 0 amide bonds. The van der Waals surface area contributed by atoms with Gasteiger partial charge in [0.2, 0.25) is 11.7 Å². The first-order chi connectivity index (χ1) is 12.1. The lowest BCUT2D eigenvalue weighted by Crippen LogP contribution is -2.02. The minimum Gasteiger partial charge on any atom is -0.437 e. The summed E-state index contributed by atoms with van der Waals surface area (Å²) in [6.45, 7) is 3.84. The summed E-state index contributed by atoms with van der Waals surface area (Å²) < 4.78 is 5.68. The molecule has 1 aliphatic heterocycles. The van der Waals surface area contributed by atoms with E-state index in [-0.39, 0.29) is 11.5 Å². The summed E-state index contributed by atoms with van der Waals surface area (Å²) in [4.78, 5) is 23.9. The third-order valence-electron chi connectivity index (χ3n) is 3.98. The molecule has 0 unspecified atom stereocenters. The highest BCUT2D eigenvalue weighted by Crippen LogP contribution is 2.25. The van der Waals surface area contributed by atoms with Crippen molar-refractivity contribution >= 4 is 28.6 Å². The predicted octanol–water partition coefficient (Wildman–Crippen LogP) is 3.47. The molecule has 6 heteroatoms. The van der Waals surface area contributed by atoms with Gasteiger partial charge in [-0.15, -0.1) is 0 Å². The van der Waals surface area contributed by atoms with E-state index in [1.165, 1.54) is 6.08 Å². The molecular formula is C19H16N4O2. The Labute approximate surface area is 144 Å². The highest BCUT2D eigenvalue weighted by Gasteiger charge is 2.22. The van der Waals surface area contributed by atoms with Crippen LogP contribution in [-0.2, 0) is 9.53 Å². The number of fused-ring (bicyclic) bond motifs is 1. The zero-order chi connectivity index (χ0) is 17.4. The molecular weight excluding hydrogens is 316 g/mol. The fourth-order valence-electron chi connectivity index (χ4n) is 2.74. The normalized spacial score (nSPS) is 15.5. The van der Waals surface area contributed by atoms with Crippen molar-refractivity contribution in [3.8, 4) is 0 Å². The van der Waals surface area contributed by atoms with Gasteiger partial charge in [0.1, 0.15) is 5.65 Å². The quantitative estimate of drug-likeness (QED) is 0.718. The van der Waals surface area contributed by atoms with E-state index in [9.17, 15) is 4.79 Å². The summed E-state index contributed by atoms with van der Waals surface area (Å²) in [5.74, 6) is 0.478. The van der Waals surface area contributed by atoms with Gasteiger partial charge in [-0.25, -0.2) is 4.98 Å². The second-order valence-electron chi connectivity index (χ2n) is 5.84. The fourth-order valence-corrected chi connectivity index (χ4v) is 2.74. The van der Waals surface area contributed by atoms with Crippen LogP contribution in [0.2, 0.25) is 0 Å². The molecule has 25 heavy (non-hydrogen) atoms. The molecule has 6 nitrogen and oxygen atoms in total. The summed E-state index contributed by atoms with van der Waals surface area (Å²) in [6, 6.07) is 7.62. The van der Waals surface area contributed by atoms with Gasteiger partial charge in [-0.2, -0.15) is 0 Å². The van der Waals surface area contributed by atoms with Gasteiger partial charge in [0.15, 0.2) is 5.76 Å². The predicted molar refractivity (Wildman–Crippen MR) is 95.6 cm³/mol. The molecule has 0 saturated carbocycles. The van der Waals surface area contributed by atoms with Gasteiger partial charge < -0.3 is 15.0 Å². The second kappa shape index (κ2) is 5.90. The Morgan fingerprint density at radius 3 is 2.96 bits per heavy atom. The van der Waals surface area contributed by atoms with Crippen LogP contribution in [0.4, 0.5) is 5.69 Å². The van der Waals surface area contributed by atoms with E-state index in [0.29, 0.717) is 5.88 Å². The Hall–Kier alpha value is -3.41. The number of hydrogen-bond acceptors (Lipinski definition) is 5. The largest absolute Gasteiger partial charge is 0.437 e. The van der Waals surface area contributed by atoms with E-state index in [0.717, 1.165) is 33.7 Å². The molecule has 2 N–H and O–H groups in total. The molecule has 0 aliphatic carbocycles. The van der Waals surface area contributed by atoms with Crippen molar-refractivity contribution in [1.82, 2.24) is 15.0 Å². The Kier molecular flexibility index (Phi) is 3.57. The summed E-state index contributed by atoms with van der Waals surface area (Å²) in [6.07, 6.45) is 6.68. The Morgan fingerprint density at radius 1 is 1.24 bits per heavy atom. The average molecular weight is 332 g/mol. The van der Waals surface area contributed by atoms with E-state index in [1.54, 1.807) is 18.5 Å². The van der Waals surface area contributed by atoms with Crippen LogP contribution in [0.3, 0.4) is 0 Å². The van der Waals surface area contributed by atoms with Crippen molar-refractivity contribution in [1.29, 1.82) is 0 Å². The minimum atomic E-state index is -0.182. The Bertz CT molecular complexity index is 1050. The number of carbonyl (C=O) groups is 1. The van der Waals surface area contributed by atoms with E-state index in [1.807, 2.05) is 38.1 Å². The van der Waals surface area contributed by atoms with Gasteiger partial charge in [-0.1, -0.05) is 0 Å². The van der Waals surface area contributed by atoms with Crippen LogP contribution in [0.15, 0.2) is 54.4 Å². The van der Waals surface area contributed by atoms with Crippen molar-refractivity contribution in [2.75, 3.05) is 5.32 Å². The second-order valence-corrected chi connectivity index (χ2v) is 5.84. The molecule has 4 heterocycles. The SMILES string of the molecule is Cc1ccc(NC2=CC(=O)/C(=C/c3c[nH]c4ncccc34)O2)c(C)n1. The number of nitrogens with one attached hydrogen (secondary N) is 2. The molecule has 124 valence electrons. The van der Waals surface area contributed by atoms with Crippen LogP contribution in [0.1, 0.15) is 17.0 Å². The third-order valence-corrected chi connectivity index (χ3v) is 3.98. The van der Waals surface area contributed by atoms with Crippen LogP contribution in [0, 0.1) is 13.8 Å². The zero-order valence-corrected chi connectivity index (χ0v) is 13.8. The van der Waals surface area contributed by atoms with Crippen LogP contribution < -0.4 is 5.32 Å². The highest BCUT2D eigenvalue weighted by molar-refractivity contribution is 6.09. The van der Waals surface area contributed by atoms with Gasteiger partial charge in [-0.05, 0) is 44.2 Å². The van der Waals surface area contributed by atoms with Gasteiger partial charge in [-0.3, -0.25) is 9.78 Å². The lowest BCUT2D eigenvalue weighted by atomic mass is 10.2. The maximum absolute atomic E-state index is 12.2. The van der Waals surface area contributed by atoms with Crippen molar-refractivity contribution in [3.05, 3.63) is 71.3 Å². The van der Waals surface area contributed by atoms with Crippen LogP contribution >= 0.6 is 0 Å². The maximum atomic E-state index is 12.2.